The molecule has 292 valence electrons. The van der Waals surface area contributed by atoms with Gasteiger partial charge in [0.1, 0.15) is 0 Å². The summed E-state index contributed by atoms with van der Waals surface area (Å²) in [6, 6.07) is 51.5. The van der Waals surface area contributed by atoms with Crippen LogP contribution in [0.1, 0.15) is 111 Å². The van der Waals surface area contributed by atoms with E-state index in [1.807, 2.05) is 0 Å². The van der Waals surface area contributed by atoms with Gasteiger partial charge in [-0.1, -0.05) is 147 Å². The lowest BCUT2D eigenvalue weighted by Gasteiger charge is -2.49. The molecule has 1 saturated carbocycles. The van der Waals surface area contributed by atoms with Crippen LogP contribution in [0, 0.1) is 0 Å². The molecule has 3 heterocycles. The molecule has 58 heavy (non-hydrogen) atoms. The predicted octanol–water partition coefficient (Wildman–Crippen LogP) is 12.9. The number of hydrogen-bond donors (Lipinski definition) is 0. The minimum absolute atomic E-state index is 0.0443. The summed E-state index contributed by atoms with van der Waals surface area (Å²) in [5, 5.41) is 0. The van der Waals surface area contributed by atoms with Crippen molar-refractivity contribution < 1.29 is 0 Å². The Hall–Kier alpha value is -5.22. The Labute approximate surface area is 347 Å². The summed E-state index contributed by atoms with van der Waals surface area (Å²) in [5.74, 6) is 0. The van der Waals surface area contributed by atoms with Crippen LogP contribution in [0.15, 0.2) is 133 Å². The topological polar surface area (TPSA) is 9.72 Å². The van der Waals surface area contributed by atoms with Crippen molar-refractivity contribution in [3.8, 4) is 0 Å². The quantitative estimate of drug-likeness (QED) is 0.166. The molecule has 0 spiro atoms. The van der Waals surface area contributed by atoms with E-state index in [-0.39, 0.29) is 28.5 Å². The second-order valence-corrected chi connectivity index (χ2v) is 20.1. The van der Waals surface area contributed by atoms with Gasteiger partial charge in [0.05, 0.1) is 5.54 Å². The van der Waals surface area contributed by atoms with E-state index in [2.05, 4.69) is 204 Å². The normalized spacial score (nSPS) is 21.0. The van der Waals surface area contributed by atoms with Crippen LogP contribution in [0.3, 0.4) is 0 Å². The average Bonchev–Trinajstić information content (AvgIpc) is 3.39. The molecule has 0 aromatic heterocycles. The van der Waals surface area contributed by atoms with E-state index in [0.29, 0.717) is 0 Å². The van der Waals surface area contributed by atoms with E-state index in [9.17, 15) is 0 Å². The highest BCUT2D eigenvalue weighted by atomic mass is 15.3. The number of anilines is 8. The molecule has 6 aromatic carbocycles. The number of para-hydroxylation sites is 3. The SMILES string of the molecule is CC(C)(C)c1ccc(N2c3cc(N4c5ccccc5C5(C)CCCCCCC45C)ccc3B3c4ccccc4N(c4ccccc4)c4cc(C(C)(C)C)cc2c43)cc1. The predicted molar refractivity (Wildman–Crippen MR) is 250 cm³/mol. The highest BCUT2D eigenvalue weighted by Gasteiger charge is 2.56. The molecule has 1 aliphatic carbocycles. The van der Waals surface area contributed by atoms with Gasteiger partial charge in [-0.3, -0.25) is 0 Å². The Balaban J connectivity index is 1.27. The van der Waals surface area contributed by atoms with E-state index >= 15 is 0 Å². The first kappa shape index (κ1) is 37.1. The Bertz CT molecular complexity index is 2540. The third-order valence-electron chi connectivity index (χ3n) is 14.6. The van der Waals surface area contributed by atoms with E-state index in [0.717, 1.165) is 0 Å². The maximum Gasteiger partial charge on any atom is 0.252 e. The summed E-state index contributed by atoms with van der Waals surface area (Å²) in [6.07, 6.45) is 7.59. The highest BCUT2D eigenvalue weighted by molar-refractivity contribution is 7.00. The molecule has 4 heteroatoms. The number of benzene rings is 6. The third kappa shape index (κ3) is 5.46. The van der Waals surface area contributed by atoms with Crippen LogP contribution in [-0.2, 0) is 16.2 Å². The molecule has 1 fully saturated rings. The number of nitrogens with zero attached hydrogens (tertiary/aromatic N) is 3. The third-order valence-corrected chi connectivity index (χ3v) is 14.6. The molecule has 0 bridgehead atoms. The molecule has 0 radical (unpaired) electrons. The zero-order valence-electron chi connectivity index (χ0n) is 35.9. The van der Waals surface area contributed by atoms with Gasteiger partial charge in [-0.25, -0.2) is 0 Å². The Morgan fingerprint density at radius 3 is 1.71 bits per heavy atom. The van der Waals surface area contributed by atoms with Crippen LogP contribution >= 0.6 is 0 Å². The summed E-state index contributed by atoms with van der Waals surface area (Å²) in [7, 11) is 0. The standard InChI is InChI=1S/C54H58BN3/c1-51(2,3)37-26-28-40(29-27-37)57-47-36-41(58-45-24-16-14-22-42(45)53(7)32-18-9-10-19-33-54(53,58)8)30-31-44(47)55-43-23-15-17-25-46(43)56(39-20-12-11-13-21-39)48-34-38(52(4,5)6)35-49(57)50(48)55/h11-17,20-31,34-36H,9-10,18-19,32-33H2,1-8H3. The summed E-state index contributed by atoms with van der Waals surface area (Å²) in [5.41, 5.74) is 18.4. The number of fused-ring (bicyclic) bond motifs is 7. The molecule has 3 nitrogen and oxygen atoms in total. The maximum atomic E-state index is 2.77. The summed E-state index contributed by atoms with van der Waals surface area (Å²) in [6.45, 7) is 19.2. The van der Waals surface area contributed by atoms with Gasteiger partial charge in [-0.15, -0.1) is 0 Å². The van der Waals surface area contributed by atoms with Gasteiger partial charge in [0.25, 0.3) is 6.71 Å². The van der Waals surface area contributed by atoms with Gasteiger partial charge in [0, 0.05) is 50.9 Å². The van der Waals surface area contributed by atoms with E-state index < -0.39 is 0 Å². The van der Waals surface area contributed by atoms with Gasteiger partial charge in [0.2, 0.25) is 0 Å². The van der Waals surface area contributed by atoms with Crippen molar-refractivity contribution in [2.75, 3.05) is 14.7 Å². The first-order chi connectivity index (χ1) is 27.8. The summed E-state index contributed by atoms with van der Waals surface area (Å²) >= 11 is 0. The first-order valence-corrected chi connectivity index (χ1v) is 21.9. The molecule has 0 amide bonds. The monoisotopic (exact) mass is 759 g/mol. The van der Waals surface area contributed by atoms with Crippen LogP contribution in [0.25, 0.3) is 0 Å². The van der Waals surface area contributed by atoms with E-state index in [1.165, 1.54) is 117 Å². The zero-order valence-corrected chi connectivity index (χ0v) is 35.9. The maximum absolute atomic E-state index is 2.77. The van der Waals surface area contributed by atoms with Gasteiger partial charge in [-0.2, -0.15) is 0 Å². The molecule has 10 rings (SSSR count). The van der Waals surface area contributed by atoms with Gasteiger partial charge >= 0.3 is 0 Å². The molecule has 0 N–H and O–H groups in total. The summed E-state index contributed by atoms with van der Waals surface area (Å²) < 4.78 is 0. The fourth-order valence-electron chi connectivity index (χ4n) is 11.2. The fraction of sp³-hybridized carbons (Fsp3) is 0.333. The van der Waals surface area contributed by atoms with Crippen LogP contribution in [0.4, 0.5) is 45.5 Å². The number of hydrogen-bond acceptors (Lipinski definition) is 3. The van der Waals surface area contributed by atoms with E-state index in [1.54, 1.807) is 0 Å². The zero-order chi connectivity index (χ0) is 40.2. The van der Waals surface area contributed by atoms with Crippen molar-refractivity contribution in [3.63, 3.8) is 0 Å². The fourth-order valence-corrected chi connectivity index (χ4v) is 11.2. The van der Waals surface area contributed by atoms with Crippen LogP contribution < -0.4 is 31.1 Å². The van der Waals surface area contributed by atoms with Crippen molar-refractivity contribution in [1.82, 2.24) is 0 Å². The number of rotatable bonds is 3. The smallest absolute Gasteiger partial charge is 0.252 e. The van der Waals surface area contributed by atoms with Crippen molar-refractivity contribution in [2.45, 2.75) is 116 Å². The molecule has 2 atom stereocenters. The molecule has 4 aliphatic rings. The Kier molecular flexibility index (Phi) is 8.41. The van der Waals surface area contributed by atoms with E-state index in [4.69, 9.17) is 0 Å². The largest absolute Gasteiger partial charge is 0.334 e. The van der Waals surface area contributed by atoms with Gasteiger partial charge in [0.15, 0.2) is 0 Å². The van der Waals surface area contributed by atoms with Crippen molar-refractivity contribution in [1.29, 1.82) is 0 Å². The second-order valence-electron chi connectivity index (χ2n) is 20.1. The van der Waals surface area contributed by atoms with Crippen LogP contribution in [0.2, 0.25) is 0 Å². The van der Waals surface area contributed by atoms with Gasteiger partial charge < -0.3 is 14.7 Å². The molecular formula is C54H58BN3. The highest BCUT2D eigenvalue weighted by Crippen LogP contribution is 2.60. The van der Waals surface area contributed by atoms with Gasteiger partial charge in [-0.05, 0) is 124 Å². The van der Waals surface area contributed by atoms with Crippen molar-refractivity contribution in [3.05, 3.63) is 150 Å². The lowest BCUT2D eigenvalue weighted by atomic mass is 9.33. The summed E-state index contributed by atoms with van der Waals surface area (Å²) in [4.78, 5) is 7.92. The molecule has 0 saturated heterocycles. The molecule has 6 aromatic rings. The van der Waals surface area contributed by atoms with Crippen LogP contribution in [0.5, 0.6) is 0 Å². The van der Waals surface area contributed by atoms with Crippen molar-refractivity contribution >= 4 is 68.6 Å². The Morgan fingerprint density at radius 2 is 1.02 bits per heavy atom. The second kappa shape index (κ2) is 13.1. The molecular weight excluding hydrogens is 701 g/mol. The molecule has 2 unspecified atom stereocenters. The van der Waals surface area contributed by atoms with Crippen molar-refractivity contribution in [2.24, 2.45) is 0 Å². The minimum Gasteiger partial charge on any atom is -0.334 e. The molecule has 3 aliphatic heterocycles. The average molecular weight is 760 g/mol. The lowest BCUT2D eigenvalue weighted by Crippen LogP contribution is -2.61. The first-order valence-electron chi connectivity index (χ1n) is 21.9. The van der Waals surface area contributed by atoms with Crippen LogP contribution in [-0.4, -0.2) is 12.3 Å². The lowest BCUT2D eigenvalue weighted by molar-refractivity contribution is 0.218. The Morgan fingerprint density at radius 1 is 0.466 bits per heavy atom. The minimum atomic E-state index is -0.0687.